The van der Waals surface area contributed by atoms with Crippen LogP contribution in [0.1, 0.15) is 31.0 Å². The number of benzene rings is 1. The maximum atomic E-state index is 12.8. The number of ether oxygens (including phenoxy) is 1. The first-order valence-corrected chi connectivity index (χ1v) is 5.41. The Morgan fingerprint density at radius 3 is 2.41 bits per heavy atom. The second kappa shape index (κ2) is 5.51. The van der Waals surface area contributed by atoms with Gasteiger partial charge in [0, 0.05) is 6.61 Å². The summed E-state index contributed by atoms with van der Waals surface area (Å²) < 4.78 is 43.5. The second-order valence-electron chi connectivity index (χ2n) is 3.77. The zero-order valence-electron chi connectivity index (χ0n) is 9.79. The summed E-state index contributed by atoms with van der Waals surface area (Å²) in [7, 11) is 0. The van der Waals surface area contributed by atoms with Gasteiger partial charge in [-0.25, -0.2) is 0 Å². The standard InChI is InChI=1S/C12H16F3NO/c1-3-17-8(2)11(16)9-6-4-5-7-10(9)12(13,14)15/h4-8,11H,3,16H2,1-2H3. The summed E-state index contributed by atoms with van der Waals surface area (Å²) in [6.07, 6.45) is -4.84. The first-order valence-electron chi connectivity index (χ1n) is 5.41. The van der Waals surface area contributed by atoms with Crippen molar-refractivity contribution in [2.75, 3.05) is 6.61 Å². The first kappa shape index (κ1) is 14.0. The minimum atomic E-state index is -4.39. The lowest BCUT2D eigenvalue weighted by atomic mass is 9.97. The lowest BCUT2D eigenvalue weighted by molar-refractivity contribution is -0.138. The Kier molecular flexibility index (Phi) is 4.54. The summed E-state index contributed by atoms with van der Waals surface area (Å²) in [6.45, 7) is 3.86. The molecule has 17 heavy (non-hydrogen) atoms. The number of hydrogen-bond donors (Lipinski definition) is 1. The Bertz CT molecular complexity index is 365. The van der Waals surface area contributed by atoms with Crippen molar-refractivity contribution in [3.63, 3.8) is 0 Å². The van der Waals surface area contributed by atoms with E-state index in [2.05, 4.69) is 0 Å². The molecule has 1 aromatic carbocycles. The van der Waals surface area contributed by atoms with Gasteiger partial charge in [-0.1, -0.05) is 18.2 Å². The van der Waals surface area contributed by atoms with Crippen LogP contribution in [-0.2, 0) is 10.9 Å². The third kappa shape index (κ3) is 3.44. The molecule has 0 bridgehead atoms. The smallest absolute Gasteiger partial charge is 0.377 e. The van der Waals surface area contributed by atoms with Crippen LogP contribution in [0.4, 0.5) is 13.2 Å². The molecule has 0 saturated carbocycles. The number of nitrogens with two attached hydrogens (primary N) is 1. The van der Waals surface area contributed by atoms with Crippen LogP contribution < -0.4 is 5.73 Å². The topological polar surface area (TPSA) is 35.2 Å². The summed E-state index contributed by atoms with van der Waals surface area (Å²) in [6, 6.07) is 4.54. The van der Waals surface area contributed by atoms with E-state index in [0.717, 1.165) is 6.07 Å². The molecule has 96 valence electrons. The Morgan fingerprint density at radius 1 is 1.29 bits per heavy atom. The van der Waals surface area contributed by atoms with Gasteiger partial charge < -0.3 is 10.5 Å². The van der Waals surface area contributed by atoms with Crippen LogP contribution in [-0.4, -0.2) is 12.7 Å². The molecule has 0 saturated heterocycles. The van der Waals surface area contributed by atoms with Gasteiger partial charge in [-0.2, -0.15) is 13.2 Å². The highest BCUT2D eigenvalue weighted by Crippen LogP contribution is 2.34. The molecular weight excluding hydrogens is 231 g/mol. The van der Waals surface area contributed by atoms with E-state index in [1.54, 1.807) is 19.9 Å². The maximum Gasteiger partial charge on any atom is 0.416 e. The Morgan fingerprint density at radius 2 is 1.88 bits per heavy atom. The lowest BCUT2D eigenvalue weighted by Gasteiger charge is -2.23. The van der Waals surface area contributed by atoms with Gasteiger partial charge in [-0.05, 0) is 25.5 Å². The van der Waals surface area contributed by atoms with Crippen molar-refractivity contribution in [2.24, 2.45) is 5.73 Å². The van der Waals surface area contributed by atoms with Crippen molar-refractivity contribution in [3.8, 4) is 0 Å². The quantitative estimate of drug-likeness (QED) is 0.887. The molecule has 0 spiro atoms. The minimum Gasteiger partial charge on any atom is -0.377 e. The summed E-state index contributed by atoms with van der Waals surface area (Å²) in [5.74, 6) is 0. The van der Waals surface area contributed by atoms with Crippen molar-refractivity contribution in [1.29, 1.82) is 0 Å². The molecule has 2 unspecified atom stereocenters. The van der Waals surface area contributed by atoms with E-state index in [1.165, 1.54) is 12.1 Å². The molecule has 0 heterocycles. The summed E-state index contributed by atoms with van der Waals surface area (Å²) in [5, 5.41) is 0. The fraction of sp³-hybridized carbons (Fsp3) is 0.500. The van der Waals surface area contributed by atoms with Gasteiger partial charge in [0.2, 0.25) is 0 Å². The highest BCUT2D eigenvalue weighted by Gasteiger charge is 2.35. The molecule has 2 N–H and O–H groups in total. The molecule has 0 aliphatic heterocycles. The van der Waals surface area contributed by atoms with Gasteiger partial charge in [-0.15, -0.1) is 0 Å². The van der Waals surface area contributed by atoms with Crippen LogP contribution in [0.25, 0.3) is 0 Å². The van der Waals surface area contributed by atoms with E-state index in [0.29, 0.717) is 6.61 Å². The van der Waals surface area contributed by atoms with Gasteiger partial charge in [0.25, 0.3) is 0 Å². The predicted molar refractivity (Wildman–Crippen MR) is 59.5 cm³/mol. The monoisotopic (exact) mass is 247 g/mol. The number of rotatable bonds is 4. The Hall–Kier alpha value is -1.07. The van der Waals surface area contributed by atoms with Crippen molar-refractivity contribution in [3.05, 3.63) is 35.4 Å². The van der Waals surface area contributed by atoms with Crippen LogP contribution in [0.5, 0.6) is 0 Å². The normalized spacial score (nSPS) is 15.6. The fourth-order valence-corrected chi connectivity index (χ4v) is 1.67. The molecule has 0 aliphatic carbocycles. The molecule has 1 rings (SSSR count). The average molecular weight is 247 g/mol. The van der Waals surface area contributed by atoms with E-state index in [9.17, 15) is 13.2 Å². The molecule has 1 aromatic rings. The second-order valence-corrected chi connectivity index (χ2v) is 3.77. The maximum absolute atomic E-state index is 12.8. The number of halogens is 3. The van der Waals surface area contributed by atoms with Crippen molar-refractivity contribution in [1.82, 2.24) is 0 Å². The highest BCUT2D eigenvalue weighted by molar-refractivity contribution is 5.32. The SMILES string of the molecule is CCOC(C)C(N)c1ccccc1C(F)(F)F. The van der Waals surface area contributed by atoms with Crippen LogP contribution in [0.15, 0.2) is 24.3 Å². The van der Waals surface area contributed by atoms with E-state index in [4.69, 9.17) is 10.5 Å². The van der Waals surface area contributed by atoms with E-state index in [1.807, 2.05) is 0 Å². The van der Waals surface area contributed by atoms with Gasteiger partial charge in [-0.3, -0.25) is 0 Å². The molecule has 0 radical (unpaired) electrons. The summed E-state index contributed by atoms with van der Waals surface area (Å²) in [5.41, 5.74) is 5.17. The van der Waals surface area contributed by atoms with Crippen molar-refractivity contribution in [2.45, 2.75) is 32.2 Å². The molecule has 0 aromatic heterocycles. The Balaban J connectivity index is 3.05. The van der Waals surface area contributed by atoms with E-state index in [-0.39, 0.29) is 5.56 Å². The van der Waals surface area contributed by atoms with Gasteiger partial charge >= 0.3 is 6.18 Å². The summed E-state index contributed by atoms with van der Waals surface area (Å²) in [4.78, 5) is 0. The largest absolute Gasteiger partial charge is 0.416 e. The van der Waals surface area contributed by atoms with Gasteiger partial charge in [0.15, 0.2) is 0 Å². The van der Waals surface area contributed by atoms with E-state index < -0.39 is 23.9 Å². The molecular formula is C12H16F3NO. The number of hydrogen-bond acceptors (Lipinski definition) is 2. The first-order chi connectivity index (χ1) is 7.88. The fourth-order valence-electron chi connectivity index (χ4n) is 1.67. The average Bonchev–Trinajstić information content (AvgIpc) is 2.27. The summed E-state index contributed by atoms with van der Waals surface area (Å²) >= 11 is 0. The minimum absolute atomic E-state index is 0.0703. The molecule has 0 fully saturated rings. The van der Waals surface area contributed by atoms with Gasteiger partial charge in [0.05, 0.1) is 17.7 Å². The van der Waals surface area contributed by atoms with Crippen molar-refractivity contribution >= 4 is 0 Å². The third-order valence-corrected chi connectivity index (χ3v) is 2.56. The predicted octanol–water partition coefficient (Wildman–Crippen LogP) is 3.13. The Labute approximate surface area is 98.6 Å². The highest BCUT2D eigenvalue weighted by atomic mass is 19.4. The molecule has 0 amide bonds. The van der Waals surface area contributed by atoms with Crippen LogP contribution in [0, 0.1) is 0 Å². The number of alkyl halides is 3. The molecule has 2 atom stereocenters. The zero-order chi connectivity index (χ0) is 13.1. The van der Waals surface area contributed by atoms with Crippen LogP contribution in [0.3, 0.4) is 0 Å². The van der Waals surface area contributed by atoms with Crippen LogP contribution >= 0.6 is 0 Å². The molecule has 5 heteroatoms. The zero-order valence-corrected chi connectivity index (χ0v) is 9.79. The van der Waals surface area contributed by atoms with Gasteiger partial charge in [0.1, 0.15) is 0 Å². The molecule has 0 aliphatic rings. The third-order valence-electron chi connectivity index (χ3n) is 2.56. The van der Waals surface area contributed by atoms with Crippen molar-refractivity contribution < 1.29 is 17.9 Å². The molecule has 2 nitrogen and oxygen atoms in total. The lowest BCUT2D eigenvalue weighted by Crippen LogP contribution is -2.28. The van der Waals surface area contributed by atoms with Crippen LogP contribution in [0.2, 0.25) is 0 Å². The van der Waals surface area contributed by atoms with E-state index >= 15 is 0 Å².